The van der Waals surface area contributed by atoms with Crippen molar-refractivity contribution in [2.24, 2.45) is 5.73 Å². The Morgan fingerprint density at radius 1 is 1.17 bits per heavy atom. The summed E-state index contributed by atoms with van der Waals surface area (Å²) < 4.78 is 19.3. The second-order valence-corrected chi connectivity index (χ2v) is 4.40. The fourth-order valence-electron chi connectivity index (χ4n) is 1.69. The maximum Gasteiger partial charge on any atom is 0.166 e. The molecule has 0 radical (unpaired) electrons. The van der Waals surface area contributed by atoms with Gasteiger partial charge in [-0.15, -0.1) is 0 Å². The van der Waals surface area contributed by atoms with E-state index in [1.807, 2.05) is 32.0 Å². The highest BCUT2D eigenvalue weighted by atomic mass is 19.1. The first-order valence-corrected chi connectivity index (χ1v) is 5.86. The van der Waals surface area contributed by atoms with Gasteiger partial charge in [-0.25, -0.2) is 4.39 Å². The summed E-state index contributed by atoms with van der Waals surface area (Å²) in [6, 6.07) is 12.1. The van der Waals surface area contributed by atoms with Gasteiger partial charge >= 0.3 is 0 Å². The van der Waals surface area contributed by atoms with Crippen LogP contribution in [0.3, 0.4) is 0 Å². The molecule has 2 N–H and O–H groups in total. The van der Waals surface area contributed by atoms with Gasteiger partial charge < -0.3 is 10.5 Å². The highest BCUT2D eigenvalue weighted by Crippen LogP contribution is 2.26. The van der Waals surface area contributed by atoms with E-state index in [9.17, 15) is 4.39 Å². The first-order chi connectivity index (χ1) is 8.56. The molecule has 3 heteroatoms. The molecule has 0 spiro atoms. The number of benzene rings is 2. The average Bonchev–Trinajstić information content (AvgIpc) is 2.31. The van der Waals surface area contributed by atoms with E-state index in [1.54, 1.807) is 18.2 Å². The van der Waals surface area contributed by atoms with Crippen molar-refractivity contribution in [1.82, 2.24) is 0 Å². The molecule has 0 aliphatic rings. The molecule has 1 unspecified atom stereocenters. The standard InChI is InChI=1S/C15H16FNO/c1-10-4-3-5-13(8-10)18-15-7-6-12(11(2)17)9-14(15)16/h3-9,11H,17H2,1-2H3. The molecule has 18 heavy (non-hydrogen) atoms. The van der Waals surface area contributed by atoms with Crippen molar-refractivity contribution in [3.05, 3.63) is 59.4 Å². The summed E-state index contributed by atoms with van der Waals surface area (Å²) >= 11 is 0. The largest absolute Gasteiger partial charge is 0.454 e. The van der Waals surface area contributed by atoms with Crippen molar-refractivity contribution in [3.63, 3.8) is 0 Å². The summed E-state index contributed by atoms with van der Waals surface area (Å²) in [6.07, 6.45) is 0. The zero-order valence-corrected chi connectivity index (χ0v) is 10.5. The zero-order valence-electron chi connectivity index (χ0n) is 10.5. The van der Waals surface area contributed by atoms with Gasteiger partial charge in [0, 0.05) is 6.04 Å². The van der Waals surface area contributed by atoms with Gasteiger partial charge in [0.05, 0.1) is 0 Å². The molecule has 0 bridgehead atoms. The van der Waals surface area contributed by atoms with Crippen LogP contribution < -0.4 is 10.5 Å². The van der Waals surface area contributed by atoms with E-state index in [-0.39, 0.29) is 11.8 Å². The zero-order chi connectivity index (χ0) is 13.1. The molecule has 2 aromatic rings. The number of hydrogen-bond acceptors (Lipinski definition) is 2. The van der Waals surface area contributed by atoms with Crippen molar-refractivity contribution in [2.75, 3.05) is 0 Å². The Balaban J connectivity index is 2.24. The van der Waals surface area contributed by atoms with Crippen LogP contribution in [0.5, 0.6) is 11.5 Å². The van der Waals surface area contributed by atoms with Crippen molar-refractivity contribution >= 4 is 0 Å². The van der Waals surface area contributed by atoms with E-state index >= 15 is 0 Å². The molecule has 0 heterocycles. The van der Waals surface area contributed by atoms with Crippen LogP contribution >= 0.6 is 0 Å². The van der Waals surface area contributed by atoms with E-state index < -0.39 is 5.82 Å². The summed E-state index contributed by atoms with van der Waals surface area (Å²) in [7, 11) is 0. The van der Waals surface area contributed by atoms with Crippen LogP contribution in [0.15, 0.2) is 42.5 Å². The van der Waals surface area contributed by atoms with Gasteiger partial charge in [0.25, 0.3) is 0 Å². The third kappa shape index (κ3) is 2.87. The first-order valence-electron chi connectivity index (χ1n) is 5.86. The van der Waals surface area contributed by atoms with Crippen molar-refractivity contribution in [1.29, 1.82) is 0 Å². The minimum Gasteiger partial charge on any atom is -0.454 e. The quantitative estimate of drug-likeness (QED) is 0.888. The molecular weight excluding hydrogens is 229 g/mol. The molecule has 1 atom stereocenters. The van der Waals surface area contributed by atoms with E-state index in [4.69, 9.17) is 10.5 Å². The average molecular weight is 245 g/mol. The molecule has 2 rings (SSSR count). The highest BCUT2D eigenvalue weighted by molar-refractivity contribution is 5.36. The van der Waals surface area contributed by atoms with Crippen molar-refractivity contribution in [3.8, 4) is 11.5 Å². The summed E-state index contributed by atoms with van der Waals surface area (Å²) in [5.74, 6) is 0.443. The first kappa shape index (κ1) is 12.6. The van der Waals surface area contributed by atoms with Gasteiger partial charge in [-0.2, -0.15) is 0 Å². The van der Waals surface area contributed by atoms with Crippen LogP contribution in [0.2, 0.25) is 0 Å². The molecule has 0 aromatic heterocycles. The van der Waals surface area contributed by atoms with Crippen LogP contribution in [0.1, 0.15) is 24.1 Å². The Morgan fingerprint density at radius 2 is 1.94 bits per heavy atom. The molecule has 94 valence electrons. The molecule has 2 nitrogen and oxygen atoms in total. The molecule has 0 amide bonds. The summed E-state index contributed by atoms with van der Waals surface area (Å²) in [5, 5.41) is 0. The maximum absolute atomic E-state index is 13.8. The van der Waals surface area contributed by atoms with E-state index in [0.29, 0.717) is 5.75 Å². The molecule has 0 saturated carbocycles. The van der Waals surface area contributed by atoms with E-state index in [2.05, 4.69) is 0 Å². The van der Waals surface area contributed by atoms with Crippen LogP contribution in [-0.2, 0) is 0 Å². The number of ether oxygens (including phenoxy) is 1. The molecule has 0 fully saturated rings. The minimum atomic E-state index is -0.397. The van der Waals surface area contributed by atoms with Gasteiger partial charge in [-0.3, -0.25) is 0 Å². The fourth-order valence-corrected chi connectivity index (χ4v) is 1.69. The second kappa shape index (κ2) is 5.19. The highest BCUT2D eigenvalue weighted by Gasteiger charge is 2.08. The van der Waals surface area contributed by atoms with Gasteiger partial charge in [0.1, 0.15) is 5.75 Å². The third-order valence-electron chi connectivity index (χ3n) is 2.70. The third-order valence-corrected chi connectivity index (χ3v) is 2.70. The number of hydrogen-bond donors (Lipinski definition) is 1. The van der Waals surface area contributed by atoms with Crippen LogP contribution in [-0.4, -0.2) is 0 Å². The molecular formula is C15H16FNO. The van der Waals surface area contributed by atoms with Crippen LogP contribution in [0.4, 0.5) is 4.39 Å². The summed E-state index contributed by atoms with van der Waals surface area (Å²) in [6.45, 7) is 3.78. The Morgan fingerprint density at radius 3 is 2.56 bits per heavy atom. The lowest BCUT2D eigenvalue weighted by molar-refractivity contribution is 0.441. The Hall–Kier alpha value is -1.87. The summed E-state index contributed by atoms with van der Waals surface area (Å²) in [5.41, 5.74) is 7.52. The maximum atomic E-state index is 13.8. The van der Waals surface area contributed by atoms with Crippen molar-refractivity contribution < 1.29 is 9.13 Å². The lowest BCUT2D eigenvalue weighted by atomic mass is 10.1. The van der Waals surface area contributed by atoms with E-state index in [0.717, 1.165) is 11.1 Å². The minimum absolute atomic E-state index is 0.187. The normalized spacial score (nSPS) is 12.2. The molecule has 0 saturated heterocycles. The molecule has 0 aliphatic carbocycles. The predicted octanol–water partition coefficient (Wildman–Crippen LogP) is 3.95. The topological polar surface area (TPSA) is 35.2 Å². The monoisotopic (exact) mass is 245 g/mol. The van der Waals surface area contributed by atoms with Gasteiger partial charge in [0.15, 0.2) is 11.6 Å². The molecule has 0 aliphatic heterocycles. The van der Waals surface area contributed by atoms with E-state index in [1.165, 1.54) is 6.07 Å². The number of nitrogens with two attached hydrogens (primary N) is 1. The number of aryl methyl sites for hydroxylation is 1. The number of halogens is 1. The Bertz CT molecular complexity index is 552. The smallest absolute Gasteiger partial charge is 0.166 e. The Kier molecular flexibility index (Phi) is 3.63. The van der Waals surface area contributed by atoms with Gasteiger partial charge in [-0.05, 0) is 49.2 Å². The summed E-state index contributed by atoms with van der Waals surface area (Å²) in [4.78, 5) is 0. The lowest BCUT2D eigenvalue weighted by Crippen LogP contribution is -2.05. The predicted molar refractivity (Wildman–Crippen MR) is 70.3 cm³/mol. The number of rotatable bonds is 3. The molecule has 2 aromatic carbocycles. The van der Waals surface area contributed by atoms with Crippen LogP contribution in [0, 0.1) is 12.7 Å². The lowest BCUT2D eigenvalue weighted by Gasteiger charge is -2.10. The Labute approximate surface area is 106 Å². The fraction of sp³-hybridized carbons (Fsp3) is 0.200. The van der Waals surface area contributed by atoms with Gasteiger partial charge in [-0.1, -0.05) is 18.2 Å². The van der Waals surface area contributed by atoms with Gasteiger partial charge in [0.2, 0.25) is 0 Å². The second-order valence-electron chi connectivity index (χ2n) is 4.40. The SMILES string of the molecule is Cc1cccc(Oc2ccc(C(C)N)cc2F)c1. The van der Waals surface area contributed by atoms with Crippen LogP contribution in [0.25, 0.3) is 0 Å². The van der Waals surface area contributed by atoms with Crippen molar-refractivity contribution in [2.45, 2.75) is 19.9 Å².